The van der Waals surface area contributed by atoms with Crippen molar-refractivity contribution >= 4 is 5.82 Å². The molecule has 0 aliphatic rings. The van der Waals surface area contributed by atoms with Crippen molar-refractivity contribution in [2.75, 3.05) is 6.54 Å². The number of rotatable bonds is 4. The molecule has 0 radical (unpaired) electrons. The average Bonchev–Trinajstić information content (AvgIpc) is 2.44. The van der Waals surface area contributed by atoms with Gasteiger partial charge in [0.05, 0.1) is 23.4 Å². The Hall–Kier alpha value is -1.43. The molecule has 0 amide bonds. The van der Waals surface area contributed by atoms with Crippen LogP contribution in [0.3, 0.4) is 0 Å². The predicted molar refractivity (Wildman–Crippen MR) is 47.3 cm³/mol. The highest BCUT2D eigenvalue weighted by Gasteiger charge is 2.14. The van der Waals surface area contributed by atoms with Gasteiger partial charge in [0.1, 0.15) is 0 Å². The highest BCUT2D eigenvalue weighted by molar-refractivity contribution is 5.20. The van der Waals surface area contributed by atoms with E-state index in [1.54, 1.807) is 11.6 Å². The second-order valence-corrected chi connectivity index (χ2v) is 2.77. The third-order valence-corrected chi connectivity index (χ3v) is 1.73. The van der Waals surface area contributed by atoms with Crippen molar-refractivity contribution < 1.29 is 4.92 Å². The summed E-state index contributed by atoms with van der Waals surface area (Å²) in [5, 5.41) is 14.2. The monoisotopic (exact) mass is 184 g/mol. The van der Waals surface area contributed by atoms with Gasteiger partial charge in [-0.2, -0.15) is 4.68 Å². The molecule has 1 rings (SSSR count). The highest BCUT2D eigenvalue weighted by Crippen LogP contribution is 2.10. The Bertz CT molecular complexity index is 307. The molecule has 1 aromatic heterocycles. The maximum absolute atomic E-state index is 10.3. The topological polar surface area (TPSA) is 87.0 Å². The Kier molecular flexibility index (Phi) is 2.97. The zero-order valence-electron chi connectivity index (χ0n) is 7.43. The zero-order chi connectivity index (χ0) is 9.84. The Morgan fingerprint density at radius 2 is 2.46 bits per heavy atom. The molecule has 0 saturated heterocycles. The molecule has 0 fully saturated rings. The number of nitrogens with two attached hydrogens (primary N) is 1. The summed E-state index contributed by atoms with van der Waals surface area (Å²) in [6, 6.07) is 1.45. The van der Waals surface area contributed by atoms with E-state index in [9.17, 15) is 10.1 Å². The second-order valence-electron chi connectivity index (χ2n) is 2.77. The summed E-state index contributed by atoms with van der Waals surface area (Å²) < 4.78 is 1.60. The van der Waals surface area contributed by atoms with E-state index >= 15 is 0 Å². The first-order valence-corrected chi connectivity index (χ1v) is 4.04. The van der Waals surface area contributed by atoms with Gasteiger partial charge in [0.25, 0.3) is 0 Å². The number of nitro groups is 1. The Labute approximate surface area is 75.5 Å². The summed E-state index contributed by atoms with van der Waals surface area (Å²) in [6.45, 7) is 2.99. The van der Waals surface area contributed by atoms with Gasteiger partial charge in [0.15, 0.2) is 0 Å². The maximum Gasteiger partial charge on any atom is 0.390 e. The number of aryl methyl sites for hydroxylation is 2. The zero-order valence-corrected chi connectivity index (χ0v) is 7.43. The first-order valence-electron chi connectivity index (χ1n) is 4.04. The maximum atomic E-state index is 10.3. The SMILES string of the molecule is Cc1cc([N+](=O)[O-])nn1CCCN. The van der Waals surface area contributed by atoms with Gasteiger partial charge in [-0.05, 0) is 24.8 Å². The molecule has 0 aliphatic carbocycles. The minimum atomic E-state index is -0.494. The van der Waals surface area contributed by atoms with Gasteiger partial charge in [0, 0.05) is 0 Å². The lowest BCUT2D eigenvalue weighted by Crippen LogP contribution is -2.08. The number of hydrogen-bond acceptors (Lipinski definition) is 4. The Morgan fingerprint density at radius 1 is 1.77 bits per heavy atom. The first-order chi connectivity index (χ1) is 6.15. The van der Waals surface area contributed by atoms with Crippen LogP contribution in [0.2, 0.25) is 0 Å². The van der Waals surface area contributed by atoms with Crippen LogP contribution < -0.4 is 5.73 Å². The van der Waals surface area contributed by atoms with Crippen molar-refractivity contribution in [2.45, 2.75) is 19.9 Å². The fraction of sp³-hybridized carbons (Fsp3) is 0.571. The summed E-state index contributed by atoms with van der Waals surface area (Å²) in [4.78, 5) is 9.85. The Morgan fingerprint density at radius 3 is 2.92 bits per heavy atom. The van der Waals surface area contributed by atoms with Crippen LogP contribution in [0.1, 0.15) is 12.1 Å². The van der Waals surface area contributed by atoms with Crippen molar-refractivity contribution in [1.82, 2.24) is 9.78 Å². The van der Waals surface area contributed by atoms with E-state index in [1.807, 2.05) is 0 Å². The van der Waals surface area contributed by atoms with E-state index in [-0.39, 0.29) is 5.82 Å². The van der Waals surface area contributed by atoms with E-state index in [0.717, 1.165) is 12.1 Å². The average molecular weight is 184 g/mol. The van der Waals surface area contributed by atoms with Crippen LogP contribution in [-0.4, -0.2) is 21.2 Å². The van der Waals surface area contributed by atoms with Crippen molar-refractivity contribution in [1.29, 1.82) is 0 Å². The van der Waals surface area contributed by atoms with E-state index in [2.05, 4.69) is 5.10 Å². The van der Waals surface area contributed by atoms with E-state index < -0.39 is 4.92 Å². The van der Waals surface area contributed by atoms with Crippen LogP contribution in [0, 0.1) is 17.0 Å². The van der Waals surface area contributed by atoms with Gasteiger partial charge >= 0.3 is 5.82 Å². The largest absolute Gasteiger partial charge is 0.390 e. The highest BCUT2D eigenvalue weighted by atomic mass is 16.6. The smallest absolute Gasteiger partial charge is 0.358 e. The molecule has 0 atom stereocenters. The lowest BCUT2D eigenvalue weighted by Gasteiger charge is -1.95. The third kappa shape index (κ3) is 2.25. The lowest BCUT2D eigenvalue weighted by molar-refractivity contribution is -0.389. The molecule has 6 heteroatoms. The molecule has 72 valence electrons. The van der Waals surface area contributed by atoms with Crippen LogP contribution in [0.5, 0.6) is 0 Å². The van der Waals surface area contributed by atoms with Crippen LogP contribution in [0.4, 0.5) is 5.82 Å². The molecule has 2 N–H and O–H groups in total. The summed E-state index contributed by atoms with van der Waals surface area (Å²) in [7, 11) is 0. The standard InChI is InChI=1S/C7H12N4O2/c1-6-5-7(11(12)13)9-10(6)4-2-3-8/h5H,2-4,8H2,1H3. The molecule has 0 saturated carbocycles. The van der Waals surface area contributed by atoms with Gasteiger partial charge in [-0.25, -0.2) is 0 Å². The fourth-order valence-electron chi connectivity index (χ4n) is 1.05. The summed E-state index contributed by atoms with van der Waals surface area (Å²) in [6.07, 6.45) is 0.777. The van der Waals surface area contributed by atoms with Gasteiger partial charge < -0.3 is 15.8 Å². The predicted octanol–water partition coefficient (Wildman–Crippen LogP) is 0.449. The van der Waals surface area contributed by atoms with Gasteiger partial charge in [-0.1, -0.05) is 0 Å². The number of hydrogen-bond donors (Lipinski definition) is 1. The van der Waals surface area contributed by atoms with E-state index in [0.29, 0.717) is 13.1 Å². The van der Waals surface area contributed by atoms with Crippen LogP contribution in [0.15, 0.2) is 6.07 Å². The van der Waals surface area contributed by atoms with Crippen LogP contribution in [0.25, 0.3) is 0 Å². The molecule has 0 aromatic carbocycles. The minimum Gasteiger partial charge on any atom is -0.358 e. The van der Waals surface area contributed by atoms with Crippen LogP contribution >= 0.6 is 0 Å². The fourth-order valence-corrected chi connectivity index (χ4v) is 1.05. The molecule has 1 heterocycles. The second kappa shape index (κ2) is 3.99. The normalized spacial score (nSPS) is 10.3. The van der Waals surface area contributed by atoms with E-state index in [1.165, 1.54) is 6.07 Å². The molecular weight excluding hydrogens is 172 g/mol. The summed E-state index contributed by atoms with van der Waals surface area (Å²) in [5.41, 5.74) is 6.11. The van der Waals surface area contributed by atoms with E-state index in [4.69, 9.17) is 5.73 Å². The number of aromatic nitrogens is 2. The molecule has 0 aliphatic heterocycles. The molecule has 13 heavy (non-hydrogen) atoms. The van der Waals surface area contributed by atoms with Crippen molar-refractivity contribution in [3.8, 4) is 0 Å². The molecule has 0 spiro atoms. The molecule has 0 bridgehead atoms. The first kappa shape index (κ1) is 9.66. The molecular formula is C7H12N4O2. The summed E-state index contributed by atoms with van der Waals surface area (Å²) in [5.74, 6) is -0.102. The van der Waals surface area contributed by atoms with Crippen molar-refractivity contribution in [3.05, 3.63) is 21.9 Å². The third-order valence-electron chi connectivity index (χ3n) is 1.73. The quantitative estimate of drug-likeness (QED) is 0.543. The Balaban J connectivity index is 2.77. The van der Waals surface area contributed by atoms with Crippen molar-refractivity contribution in [2.24, 2.45) is 5.73 Å². The summed E-state index contributed by atoms with van der Waals surface area (Å²) >= 11 is 0. The molecule has 1 aromatic rings. The van der Waals surface area contributed by atoms with Crippen LogP contribution in [-0.2, 0) is 6.54 Å². The van der Waals surface area contributed by atoms with Gasteiger partial charge in [-0.15, -0.1) is 0 Å². The van der Waals surface area contributed by atoms with Crippen molar-refractivity contribution in [3.63, 3.8) is 0 Å². The number of nitrogens with zero attached hydrogens (tertiary/aromatic N) is 3. The lowest BCUT2D eigenvalue weighted by atomic mass is 10.4. The molecule has 6 nitrogen and oxygen atoms in total. The van der Waals surface area contributed by atoms with Gasteiger partial charge in [0.2, 0.25) is 0 Å². The minimum absolute atomic E-state index is 0.102. The molecule has 0 unspecified atom stereocenters. The van der Waals surface area contributed by atoms with Gasteiger partial charge in [-0.3, -0.25) is 0 Å².